The van der Waals surface area contributed by atoms with Crippen molar-refractivity contribution < 1.29 is 4.79 Å². The van der Waals surface area contributed by atoms with E-state index >= 15 is 0 Å². The number of nitrogens with zero attached hydrogens (tertiary/aromatic N) is 1. The van der Waals surface area contributed by atoms with Gasteiger partial charge in [-0.25, -0.2) is 5.84 Å². The van der Waals surface area contributed by atoms with Gasteiger partial charge in [0.25, 0.3) is 5.91 Å². The van der Waals surface area contributed by atoms with Gasteiger partial charge >= 0.3 is 0 Å². The minimum Gasteiger partial charge on any atom is -0.342 e. The predicted molar refractivity (Wildman–Crippen MR) is 83.9 cm³/mol. The number of hydrogen-bond acceptors (Lipinski definition) is 2. The topological polar surface area (TPSA) is 60.0 Å². The summed E-state index contributed by atoms with van der Waals surface area (Å²) in [6.45, 7) is 2.79. The molecule has 0 aliphatic carbocycles. The number of hydrazine groups is 1. The van der Waals surface area contributed by atoms with E-state index in [0.717, 1.165) is 17.4 Å². The van der Waals surface area contributed by atoms with E-state index in [1.54, 1.807) is 0 Å². The summed E-state index contributed by atoms with van der Waals surface area (Å²) < 4.78 is 2.07. The van der Waals surface area contributed by atoms with Gasteiger partial charge in [0.15, 0.2) is 0 Å². The number of nitrogens with two attached hydrogens (primary N) is 1. The van der Waals surface area contributed by atoms with Gasteiger partial charge < -0.3 is 4.57 Å². The molecule has 0 aliphatic heterocycles. The van der Waals surface area contributed by atoms with Crippen LogP contribution in [0.25, 0.3) is 10.9 Å². The van der Waals surface area contributed by atoms with E-state index in [0.29, 0.717) is 5.56 Å². The van der Waals surface area contributed by atoms with Gasteiger partial charge in [-0.2, -0.15) is 0 Å². The molecule has 21 heavy (non-hydrogen) atoms. The van der Waals surface area contributed by atoms with Gasteiger partial charge in [-0.3, -0.25) is 10.2 Å². The van der Waals surface area contributed by atoms with E-state index in [9.17, 15) is 4.79 Å². The predicted octanol–water partition coefficient (Wildman–Crippen LogP) is 2.60. The van der Waals surface area contributed by atoms with E-state index in [2.05, 4.69) is 41.2 Å². The molecule has 0 saturated heterocycles. The highest BCUT2D eigenvalue weighted by atomic mass is 16.2. The molecule has 3 rings (SSSR count). The lowest BCUT2D eigenvalue weighted by molar-refractivity contribution is 0.0955. The summed E-state index contributed by atoms with van der Waals surface area (Å²) in [5, 5.41) is 0.910. The van der Waals surface area contributed by atoms with Crippen LogP contribution >= 0.6 is 0 Å². The fourth-order valence-electron chi connectivity index (χ4n) is 2.53. The Morgan fingerprint density at radius 1 is 1.14 bits per heavy atom. The Morgan fingerprint density at radius 2 is 1.86 bits per heavy atom. The van der Waals surface area contributed by atoms with Crippen molar-refractivity contribution in [3.63, 3.8) is 0 Å². The highest BCUT2D eigenvalue weighted by Gasteiger charge is 2.13. The fourth-order valence-corrected chi connectivity index (χ4v) is 2.53. The second-order valence-corrected chi connectivity index (χ2v) is 5.15. The second kappa shape index (κ2) is 5.42. The molecule has 0 radical (unpaired) electrons. The average molecular weight is 279 g/mol. The van der Waals surface area contributed by atoms with Crippen molar-refractivity contribution in [1.29, 1.82) is 0 Å². The largest absolute Gasteiger partial charge is 0.342 e. The van der Waals surface area contributed by atoms with Crippen molar-refractivity contribution in [2.24, 2.45) is 5.84 Å². The smallest absolute Gasteiger partial charge is 0.267 e. The van der Waals surface area contributed by atoms with Crippen molar-refractivity contribution in [2.45, 2.75) is 13.5 Å². The van der Waals surface area contributed by atoms with Gasteiger partial charge in [-0.15, -0.1) is 0 Å². The molecule has 4 heteroatoms. The maximum Gasteiger partial charge on any atom is 0.267 e. The van der Waals surface area contributed by atoms with Gasteiger partial charge in [0.2, 0.25) is 0 Å². The number of nitrogen functional groups attached to an aromatic ring is 1. The van der Waals surface area contributed by atoms with Crippen LogP contribution in [0, 0.1) is 6.92 Å². The molecular formula is C17H17N3O. The van der Waals surface area contributed by atoms with Gasteiger partial charge in [0.1, 0.15) is 0 Å². The zero-order valence-electron chi connectivity index (χ0n) is 11.8. The first kappa shape index (κ1) is 13.4. The number of aryl methyl sites for hydroxylation is 1. The number of benzene rings is 2. The van der Waals surface area contributed by atoms with Gasteiger partial charge in [-0.1, -0.05) is 48.0 Å². The molecule has 106 valence electrons. The number of rotatable bonds is 3. The molecule has 2 aromatic carbocycles. The number of para-hydroxylation sites is 1. The molecule has 3 aromatic rings. The molecule has 1 aromatic heterocycles. The molecule has 4 nitrogen and oxygen atoms in total. The zero-order valence-corrected chi connectivity index (χ0v) is 11.8. The summed E-state index contributed by atoms with van der Waals surface area (Å²) in [6, 6.07) is 16.2. The maximum absolute atomic E-state index is 11.9. The SMILES string of the molecule is Cc1ccc(Cn2cc(C(=O)NN)c3ccccc32)cc1. The highest BCUT2D eigenvalue weighted by Crippen LogP contribution is 2.22. The van der Waals surface area contributed by atoms with Crippen molar-refractivity contribution in [3.05, 3.63) is 71.4 Å². The number of carbonyl (C=O) groups is 1. The van der Waals surface area contributed by atoms with Crippen LogP contribution in [-0.2, 0) is 6.54 Å². The average Bonchev–Trinajstić information content (AvgIpc) is 2.88. The number of carbonyl (C=O) groups excluding carboxylic acids is 1. The third kappa shape index (κ3) is 2.53. The number of amides is 1. The summed E-state index contributed by atoms with van der Waals surface area (Å²) in [7, 11) is 0. The molecule has 1 amide bonds. The van der Waals surface area contributed by atoms with E-state index in [-0.39, 0.29) is 5.91 Å². The molecule has 0 fully saturated rings. The minimum atomic E-state index is -0.270. The lowest BCUT2D eigenvalue weighted by Gasteiger charge is -2.05. The first-order valence-electron chi connectivity index (χ1n) is 6.83. The summed E-state index contributed by atoms with van der Waals surface area (Å²) >= 11 is 0. The van der Waals surface area contributed by atoms with Gasteiger partial charge in [0, 0.05) is 23.6 Å². The zero-order chi connectivity index (χ0) is 14.8. The minimum absolute atomic E-state index is 0.270. The third-order valence-corrected chi connectivity index (χ3v) is 3.64. The highest BCUT2D eigenvalue weighted by molar-refractivity contribution is 6.06. The summed E-state index contributed by atoms with van der Waals surface area (Å²) in [5.74, 6) is 5.00. The number of fused-ring (bicyclic) bond motifs is 1. The Kier molecular flexibility index (Phi) is 3.46. The van der Waals surface area contributed by atoms with Crippen LogP contribution in [0.2, 0.25) is 0 Å². The Labute approximate surface area is 123 Å². The van der Waals surface area contributed by atoms with E-state index < -0.39 is 0 Å². The Balaban J connectivity index is 2.06. The monoisotopic (exact) mass is 279 g/mol. The fraction of sp³-hybridized carbons (Fsp3) is 0.118. The molecule has 0 aliphatic rings. The van der Waals surface area contributed by atoms with E-state index in [1.165, 1.54) is 11.1 Å². The summed E-state index contributed by atoms with van der Waals surface area (Å²) in [6.07, 6.45) is 1.85. The van der Waals surface area contributed by atoms with Gasteiger partial charge in [-0.05, 0) is 18.6 Å². The summed E-state index contributed by atoms with van der Waals surface area (Å²) in [5.41, 5.74) is 6.26. The molecule has 0 atom stereocenters. The first-order chi connectivity index (χ1) is 10.2. The third-order valence-electron chi connectivity index (χ3n) is 3.64. The second-order valence-electron chi connectivity index (χ2n) is 5.15. The standard InChI is InChI=1S/C17H17N3O/c1-12-6-8-13(9-7-12)10-20-11-15(17(21)19-18)14-4-2-3-5-16(14)20/h2-9,11H,10,18H2,1H3,(H,19,21). The van der Waals surface area contributed by atoms with Crippen molar-refractivity contribution >= 4 is 16.8 Å². The molecule has 0 unspecified atom stereocenters. The Hall–Kier alpha value is -2.59. The number of hydrogen-bond donors (Lipinski definition) is 2. The normalized spacial score (nSPS) is 10.8. The quantitative estimate of drug-likeness (QED) is 0.440. The first-order valence-corrected chi connectivity index (χ1v) is 6.83. The summed E-state index contributed by atoms with van der Waals surface area (Å²) in [4.78, 5) is 11.9. The van der Waals surface area contributed by atoms with E-state index in [1.807, 2.05) is 30.5 Å². The number of aromatic nitrogens is 1. The van der Waals surface area contributed by atoms with E-state index in [4.69, 9.17) is 5.84 Å². The van der Waals surface area contributed by atoms with Crippen LogP contribution in [0.4, 0.5) is 0 Å². The number of nitrogens with one attached hydrogen (secondary N) is 1. The van der Waals surface area contributed by atoms with Crippen LogP contribution in [0.5, 0.6) is 0 Å². The molecule has 0 spiro atoms. The van der Waals surface area contributed by atoms with Crippen LogP contribution < -0.4 is 11.3 Å². The molecule has 3 N–H and O–H groups in total. The van der Waals surface area contributed by atoms with Crippen LogP contribution in [-0.4, -0.2) is 10.5 Å². The van der Waals surface area contributed by atoms with Crippen molar-refractivity contribution in [3.8, 4) is 0 Å². The molecule has 1 heterocycles. The molecule has 0 saturated carbocycles. The van der Waals surface area contributed by atoms with Gasteiger partial charge in [0.05, 0.1) is 5.56 Å². The van der Waals surface area contributed by atoms with Crippen LogP contribution in [0.1, 0.15) is 21.5 Å². The maximum atomic E-state index is 11.9. The Bertz CT molecular complexity index is 787. The lowest BCUT2D eigenvalue weighted by atomic mass is 10.1. The van der Waals surface area contributed by atoms with Crippen LogP contribution in [0.3, 0.4) is 0 Å². The van der Waals surface area contributed by atoms with Crippen molar-refractivity contribution in [2.75, 3.05) is 0 Å². The molecular weight excluding hydrogens is 262 g/mol. The lowest BCUT2D eigenvalue weighted by Crippen LogP contribution is -2.29. The molecule has 0 bridgehead atoms. The Morgan fingerprint density at radius 3 is 2.57 bits per heavy atom. The van der Waals surface area contributed by atoms with Crippen molar-refractivity contribution in [1.82, 2.24) is 9.99 Å². The van der Waals surface area contributed by atoms with Crippen LogP contribution in [0.15, 0.2) is 54.7 Å².